The summed E-state index contributed by atoms with van der Waals surface area (Å²) in [5.74, 6) is -0.236. The molecule has 4 atom stereocenters. The summed E-state index contributed by atoms with van der Waals surface area (Å²) in [5, 5.41) is 14.3. The van der Waals surface area contributed by atoms with Crippen molar-refractivity contribution in [3.8, 4) is 5.75 Å². The van der Waals surface area contributed by atoms with E-state index in [1.54, 1.807) is 29.8 Å². The number of aryl methyl sites for hydroxylation is 1. The molecule has 0 radical (unpaired) electrons. The number of aromatic nitrogens is 3. The van der Waals surface area contributed by atoms with Gasteiger partial charge >= 0.3 is 6.18 Å². The van der Waals surface area contributed by atoms with Crippen molar-refractivity contribution in [3.05, 3.63) is 89.0 Å². The Morgan fingerprint density at radius 1 is 1.04 bits per heavy atom. The molecule has 0 saturated carbocycles. The van der Waals surface area contributed by atoms with Crippen molar-refractivity contribution >= 4 is 22.8 Å². The Bertz CT molecular complexity index is 1690. The number of carbonyl (C=O) groups excluding carboxylic acids is 2. The number of ether oxygens (including phenoxy) is 1. The highest BCUT2D eigenvalue weighted by Crippen LogP contribution is 2.38. The topological polar surface area (TPSA) is 101 Å². The number of hydrogen-bond acceptors (Lipinski definition) is 6. The van der Waals surface area contributed by atoms with Crippen LogP contribution >= 0.6 is 0 Å². The number of benzene rings is 3. The Kier molecular flexibility index (Phi) is 8.50. The van der Waals surface area contributed by atoms with Gasteiger partial charge in [-0.25, -0.2) is 4.68 Å². The van der Waals surface area contributed by atoms with Gasteiger partial charge in [-0.1, -0.05) is 41.6 Å². The zero-order valence-electron chi connectivity index (χ0n) is 25.1. The molecule has 6 rings (SSSR count). The number of halogens is 3. The van der Waals surface area contributed by atoms with Gasteiger partial charge in [0.1, 0.15) is 17.3 Å². The lowest BCUT2D eigenvalue weighted by Crippen LogP contribution is -2.51. The molecule has 9 nitrogen and oxygen atoms in total. The van der Waals surface area contributed by atoms with Crippen LogP contribution in [-0.2, 0) is 35.8 Å². The van der Waals surface area contributed by atoms with E-state index in [1.165, 1.54) is 12.1 Å². The van der Waals surface area contributed by atoms with E-state index in [4.69, 9.17) is 4.74 Å². The van der Waals surface area contributed by atoms with Crippen molar-refractivity contribution in [1.29, 1.82) is 0 Å². The number of hydrogen-bond donors (Lipinski definition) is 2. The predicted octanol–water partition coefficient (Wildman–Crippen LogP) is 4.22. The number of nitrogens with zero attached hydrogens (tertiary/aromatic N) is 4. The first-order valence-electron chi connectivity index (χ1n) is 15.0. The maximum atomic E-state index is 14.0. The molecule has 2 aliphatic rings. The van der Waals surface area contributed by atoms with Crippen LogP contribution in [0.5, 0.6) is 5.75 Å². The highest BCUT2D eigenvalue weighted by Gasteiger charge is 2.44. The van der Waals surface area contributed by atoms with Gasteiger partial charge in [0.25, 0.3) is 0 Å². The molecule has 2 fully saturated rings. The average molecular weight is 621 g/mol. The van der Waals surface area contributed by atoms with Gasteiger partial charge in [0.05, 0.1) is 24.2 Å². The van der Waals surface area contributed by atoms with Gasteiger partial charge < -0.3 is 20.3 Å². The lowest BCUT2D eigenvalue weighted by atomic mass is 9.91. The van der Waals surface area contributed by atoms with Crippen LogP contribution in [0.4, 0.5) is 13.2 Å². The summed E-state index contributed by atoms with van der Waals surface area (Å²) < 4.78 is 48.1. The number of methoxy groups -OCH3 is 1. The number of nitrogens with one attached hydrogen (secondary N) is 2. The Hall–Kier alpha value is -4.45. The highest BCUT2D eigenvalue weighted by molar-refractivity contribution is 5.91. The second kappa shape index (κ2) is 12.5. The number of likely N-dealkylation sites (tertiary alicyclic amines) is 1. The van der Waals surface area contributed by atoms with Crippen molar-refractivity contribution < 1.29 is 27.5 Å². The third-order valence-electron chi connectivity index (χ3n) is 8.93. The number of alkyl halides is 3. The van der Waals surface area contributed by atoms with E-state index < -0.39 is 29.7 Å². The third-order valence-corrected chi connectivity index (χ3v) is 8.93. The quantitative estimate of drug-likeness (QED) is 0.306. The fraction of sp³-hybridized carbons (Fsp3) is 0.394. The Labute approximate surface area is 258 Å². The Balaban J connectivity index is 1.18. The molecule has 12 heteroatoms. The van der Waals surface area contributed by atoms with Crippen LogP contribution < -0.4 is 15.4 Å². The first-order chi connectivity index (χ1) is 21.6. The summed E-state index contributed by atoms with van der Waals surface area (Å²) in [4.78, 5) is 29.2. The summed E-state index contributed by atoms with van der Waals surface area (Å²) in [6.45, 7) is 0.871. The van der Waals surface area contributed by atoms with Crippen LogP contribution in [0.1, 0.15) is 41.0 Å². The minimum Gasteiger partial charge on any atom is -0.497 e. The van der Waals surface area contributed by atoms with Crippen molar-refractivity contribution in [1.82, 2.24) is 30.5 Å². The molecule has 236 valence electrons. The van der Waals surface area contributed by atoms with E-state index >= 15 is 0 Å². The zero-order valence-corrected chi connectivity index (χ0v) is 25.1. The zero-order chi connectivity index (χ0) is 31.7. The summed E-state index contributed by atoms with van der Waals surface area (Å²) in [6.07, 6.45) is -3.12. The fourth-order valence-electron chi connectivity index (χ4n) is 6.63. The van der Waals surface area contributed by atoms with Crippen LogP contribution in [0.2, 0.25) is 0 Å². The minimum absolute atomic E-state index is 0.0252. The molecule has 3 aromatic carbocycles. The molecule has 3 heterocycles. The summed E-state index contributed by atoms with van der Waals surface area (Å²) in [7, 11) is 3.41. The average Bonchev–Trinajstić information content (AvgIpc) is 3.79. The molecule has 4 aromatic rings. The fourth-order valence-corrected chi connectivity index (χ4v) is 6.63. The summed E-state index contributed by atoms with van der Waals surface area (Å²) in [6, 6.07) is 17.5. The first-order valence-corrected chi connectivity index (χ1v) is 15.0. The Morgan fingerprint density at radius 3 is 2.56 bits per heavy atom. The van der Waals surface area contributed by atoms with E-state index in [2.05, 4.69) is 20.9 Å². The molecule has 1 unspecified atom stereocenters. The van der Waals surface area contributed by atoms with Gasteiger partial charge in [-0.2, -0.15) is 13.2 Å². The van der Waals surface area contributed by atoms with E-state index in [-0.39, 0.29) is 42.8 Å². The molecule has 2 N–H and O–H groups in total. The third kappa shape index (κ3) is 6.51. The minimum atomic E-state index is -4.48. The van der Waals surface area contributed by atoms with Gasteiger partial charge in [0.2, 0.25) is 11.8 Å². The van der Waals surface area contributed by atoms with Gasteiger partial charge in [-0.05, 0) is 78.1 Å². The van der Waals surface area contributed by atoms with Crippen LogP contribution in [0.25, 0.3) is 11.0 Å². The largest absolute Gasteiger partial charge is 0.497 e. The smallest absolute Gasteiger partial charge is 0.416 e. The normalized spacial score (nSPS) is 21.8. The van der Waals surface area contributed by atoms with Gasteiger partial charge in [0, 0.05) is 26.7 Å². The lowest BCUT2D eigenvalue weighted by molar-refractivity contribution is -0.139. The first kappa shape index (κ1) is 30.6. The molecule has 45 heavy (non-hydrogen) atoms. The summed E-state index contributed by atoms with van der Waals surface area (Å²) in [5.41, 5.74) is 3.01. The predicted molar refractivity (Wildman–Crippen MR) is 161 cm³/mol. The van der Waals surface area contributed by atoms with Gasteiger partial charge in [-0.15, -0.1) is 5.10 Å². The molecule has 2 saturated heterocycles. The second-order valence-corrected chi connectivity index (χ2v) is 11.9. The van der Waals surface area contributed by atoms with Crippen LogP contribution in [0.3, 0.4) is 0 Å². The van der Waals surface area contributed by atoms with Crippen LogP contribution in [0, 0.1) is 5.92 Å². The van der Waals surface area contributed by atoms with E-state index in [0.717, 1.165) is 34.0 Å². The number of fused-ring (bicyclic) bond motifs is 1. The van der Waals surface area contributed by atoms with Gasteiger partial charge in [-0.3, -0.25) is 9.59 Å². The van der Waals surface area contributed by atoms with Crippen molar-refractivity contribution in [2.45, 2.75) is 50.0 Å². The van der Waals surface area contributed by atoms with Crippen molar-refractivity contribution in [2.24, 2.45) is 13.0 Å². The maximum Gasteiger partial charge on any atom is 0.416 e. The van der Waals surface area contributed by atoms with E-state index in [0.29, 0.717) is 19.4 Å². The molecular formula is C33H35F3N6O3. The molecule has 2 aliphatic heterocycles. The molecule has 0 bridgehead atoms. The molecule has 0 spiro atoms. The van der Waals surface area contributed by atoms with E-state index in [1.807, 2.05) is 42.5 Å². The SMILES string of the molecule is COc1ccc(C[C@@H]2C[C@@H](C(=O)NCc3ccc4c(c3)nnn4C)N(C(=O)[C@H]3CC(c4ccccc4C(F)(F)F)CN3)C2)cc1. The highest BCUT2D eigenvalue weighted by atomic mass is 19.4. The summed E-state index contributed by atoms with van der Waals surface area (Å²) >= 11 is 0. The Morgan fingerprint density at radius 2 is 1.80 bits per heavy atom. The molecular weight excluding hydrogens is 585 g/mol. The van der Waals surface area contributed by atoms with Gasteiger partial charge in [0.15, 0.2) is 0 Å². The number of carbonyl (C=O) groups is 2. The van der Waals surface area contributed by atoms with Crippen LogP contribution in [-0.4, -0.2) is 64.0 Å². The molecule has 0 aliphatic carbocycles. The lowest BCUT2D eigenvalue weighted by Gasteiger charge is -2.27. The second-order valence-electron chi connectivity index (χ2n) is 11.9. The molecule has 2 amide bonds. The van der Waals surface area contributed by atoms with E-state index in [9.17, 15) is 22.8 Å². The molecule has 1 aromatic heterocycles. The van der Waals surface area contributed by atoms with Crippen molar-refractivity contribution in [2.75, 3.05) is 20.2 Å². The van der Waals surface area contributed by atoms with Crippen molar-refractivity contribution in [3.63, 3.8) is 0 Å². The van der Waals surface area contributed by atoms with Crippen LogP contribution in [0.15, 0.2) is 66.7 Å². The number of rotatable bonds is 8. The maximum absolute atomic E-state index is 14.0. The monoisotopic (exact) mass is 620 g/mol. The standard InChI is InChI=1S/C33H35F3N6O3/c1-41-29-12-9-21(14-27(29)39-40-41)17-38-31(43)30-15-22(13-20-7-10-24(45-2)11-8-20)19-42(30)32(44)28-16-23(18-37-28)25-5-3-4-6-26(25)33(34,35)36/h3-12,14,22-23,28,30,37H,13,15-19H2,1-2H3,(H,38,43)/t22-,23?,28-,30+/m1/s1. The number of amides is 2.